The van der Waals surface area contributed by atoms with Crippen molar-refractivity contribution >= 4 is 11.8 Å². The molecule has 1 saturated carbocycles. The second-order valence-electron chi connectivity index (χ2n) is 6.05. The number of azide groups is 1. The van der Waals surface area contributed by atoms with E-state index in [0.717, 1.165) is 5.75 Å². The molecule has 0 spiro atoms. The first-order valence-electron chi connectivity index (χ1n) is 8.12. The molecular weight excluding hydrogens is 302 g/mol. The van der Waals surface area contributed by atoms with Crippen LogP contribution in [0.3, 0.4) is 0 Å². The van der Waals surface area contributed by atoms with E-state index in [2.05, 4.69) is 64.6 Å². The molecule has 0 saturated heterocycles. The topological polar surface area (TPSA) is 48.8 Å². The lowest BCUT2D eigenvalue weighted by Crippen LogP contribution is -2.01. The van der Waals surface area contributed by atoms with E-state index in [9.17, 15) is 0 Å². The van der Waals surface area contributed by atoms with Crippen LogP contribution in [-0.4, -0.2) is 11.8 Å². The zero-order valence-corrected chi connectivity index (χ0v) is 14.0. The van der Waals surface area contributed by atoms with E-state index in [1.807, 2.05) is 11.8 Å². The summed E-state index contributed by atoms with van der Waals surface area (Å²) in [5.41, 5.74) is 12.5. The summed E-state index contributed by atoms with van der Waals surface area (Å²) in [7, 11) is 0. The zero-order chi connectivity index (χ0) is 15.9. The van der Waals surface area contributed by atoms with Crippen LogP contribution in [0.2, 0.25) is 0 Å². The zero-order valence-electron chi connectivity index (χ0n) is 13.1. The Morgan fingerprint density at radius 3 is 2.65 bits per heavy atom. The van der Waals surface area contributed by atoms with Gasteiger partial charge < -0.3 is 0 Å². The molecule has 0 aromatic heterocycles. The Hall–Kier alpha value is -1.90. The van der Waals surface area contributed by atoms with Crippen LogP contribution in [0.4, 0.5) is 0 Å². The highest BCUT2D eigenvalue weighted by molar-refractivity contribution is 7.99. The normalized spacial score (nSPS) is 20.2. The summed E-state index contributed by atoms with van der Waals surface area (Å²) in [6, 6.07) is 19.3. The molecule has 0 bridgehead atoms. The van der Waals surface area contributed by atoms with E-state index in [-0.39, 0.29) is 0 Å². The van der Waals surface area contributed by atoms with Gasteiger partial charge in [0.15, 0.2) is 0 Å². The fourth-order valence-corrected chi connectivity index (χ4v) is 4.63. The molecule has 1 aliphatic rings. The van der Waals surface area contributed by atoms with Gasteiger partial charge in [-0.3, -0.25) is 0 Å². The molecule has 4 heteroatoms. The van der Waals surface area contributed by atoms with Crippen molar-refractivity contribution in [2.24, 2.45) is 11.0 Å². The number of nitrogens with zero attached hydrogens (tertiary/aromatic N) is 3. The Kier molecular flexibility index (Phi) is 5.62. The molecule has 2 aromatic carbocycles. The molecule has 23 heavy (non-hydrogen) atoms. The first-order chi connectivity index (χ1) is 11.4. The second-order valence-corrected chi connectivity index (χ2v) is 7.34. The average molecular weight is 323 g/mol. The summed E-state index contributed by atoms with van der Waals surface area (Å²) < 4.78 is 0. The van der Waals surface area contributed by atoms with Gasteiger partial charge in [0.2, 0.25) is 0 Å². The van der Waals surface area contributed by atoms with Gasteiger partial charge in [0, 0.05) is 22.5 Å². The van der Waals surface area contributed by atoms with Crippen LogP contribution in [0.15, 0.2) is 59.7 Å². The van der Waals surface area contributed by atoms with Crippen LogP contribution < -0.4 is 0 Å². The van der Waals surface area contributed by atoms with Crippen molar-refractivity contribution < 1.29 is 0 Å². The van der Waals surface area contributed by atoms with Crippen molar-refractivity contribution in [2.75, 3.05) is 6.54 Å². The third kappa shape index (κ3) is 4.31. The number of hydrogen-bond donors (Lipinski definition) is 0. The number of benzene rings is 2. The highest BCUT2D eigenvalue weighted by Crippen LogP contribution is 2.37. The maximum atomic E-state index is 8.44. The van der Waals surface area contributed by atoms with Crippen LogP contribution in [0, 0.1) is 5.92 Å². The van der Waals surface area contributed by atoms with Gasteiger partial charge in [0.25, 0.3) is 0 Å². The first kappa shape index (κ1) is 16.0. The summed E-state index contributed by atoms with van der Waals surface area (Å²) in [5.74, 6) is 1.62. The molecule has 1 fully saturated rings. The largest absolute Gasteiger partial charge is 0.154 e. The minimum atomic E-state index is 0.577. The van der Waals surface area contributed by atoms with Gasteiger partial charge >= 0.3 is 0 Å². The molecule has 1 aliphatic carbocycles. The predicted molar refractivity (Wildman–Crippen MR) is 98.3 cm³/mol. The van der Waals surface area contributed by atoms with Crippen LogP contribution in [0.25, 0.3) is 21.6 Å². The lowest BCUT2D eigenvalue weighted by Gasteiger charge is -2.13. The van der Waals surface area contributed by atoms with Crippen LogP contribution >= 0.6 is 11.8 Å². The summed E-state index contributed by atoms with van der Waals surface area (Å²) >= 11 is 2.05. The molecule has 2 aromatic rings. The summed E-state index contributed by atoms with van der Waals surface area (Å²) in [5, 5.41) is 4.42. The molecule has 118 valence electrons. The Morgan fingerprint density at radius 1 is 1.04 bits per heavy atom. The maximum absolute atomic E-state index is 8.44. The van der Waals surface area contributed by atoms with Crippen molar-refractivity contribution in [3.63, 3.8) is 0 Å². The summed E-state index contributed by atoms with van der Waals surface area (Å²) in [6.45, 7) is 0.661. The van der Waals surface area contributed by atoms with Crippen molar-refractivity contribution in [1.82, 2.24) is 0 Å². The fourth-order valence-electron chi connectivity index (χ4n) is 3.25. The fraction of sp³-hybridized carbons (Fsp3) is 0.368. The highest BCUT2D eigenvalue weighted by Gasteiger charge is 2.24. The van der Waals surface area contributed by atoms with Crippen molar-refractivity contribution in [3.8, 4) is 11.1 Å². The van der Waals surface area contributed by atoms with Crippen LogP contribution in [0.1, 0.15) is 24.8 Å². The molecule has 3 nitrogen and oxygen atoms in total. The van der Waals surface area contributed by atoms with E-state index in [0.29, 0.717) is 17.7 Å². The third-order valence-electron chi connectivity index (χ3n) is 4.47. The number of thioether (sulfide) groups is 1. The minimum absolute atomic E-state index is 0.577. The van der Waals surface area contributed by atoms with Gasteiger partial charge in [0.05, 0.1) is 0 Å². The van der Waals surface area contributed by atoms with Gasteiger partial charge in [0.1, 0.15) is 0 Å². The molecule has 0 amide bonds. The average Bonchev–Trinajstić information content (AvgIpc) is 3.07. The van der Waals surface area contributed by atoms with E-state index in [1.165, 1.54) is 36.0 Å². The van der Waals surface area contributed by atoms with E-state index in [4.69, 9.17) is 5.53 Å². The first-order valence-corrected chi connectivity index (χ1v) is 9.17. The quantitative estimate of drug-likeness (QED) is 0.362. The third-order valence-corrected chi connectivity index (χ3v) is 5.85. The minimum Gasteiger partial charge on any atom is -0.154 e. The van der Waals surface area contributed by atoms with Crippen LogP contribution in [0.5, 0.6) is 0 Å². The monoisotopic (exact) mass is 323 g/mol. The molecule has 0 N–H and O–H groups in total. The number of hydrogen-bond acceptors (Lipinski definition) is 2. The van der Waals surface area contributed by atoms with E-state index < -0.39 is 0 Å². The maximum Gasteiger partial charge on any atom is 0.0286 e. The van der Waals surface area contributed by atoms with Crippen LogP contribution in [-0.2, 0) is 5.75 Å². The van der Waals surface area contributed by atoms with Crippen molar-refractivity contribution in [3.05, 3.63) is 70.6 Å². The molecule has 3 rings (SSSR count). The molecular formula is C19H21N3S. The van der Waals surface area contributed by atoms with Gasteiger partial charge in [-0.05, 0) is 47.4 Å². The predicted octanol–water partition coefficient (Wildman–Crippen LogP) is 6.07. The molecule has 1 unspecified atom stereocenters. The Morgan fingerprint density at radius 2 is 1.83 bits per heavy atom. The Balaban J connectivity index is 1.62. The highest BCUT2D eigenvalue weighted by atomic mass is 32.2. The van der Waals surface area contributed by atoms with Crippen molar-refractivity contribution in [2.45, 2.75) is 30.3 Å². The van der Waals surface area contributed by atoms with Gasteiger partial charge in [-0.25, -0.2) is 0 Å². The van der Waals surface area contributed by atoms with E-state index in [1.54, 1.807) is 0 Å². The smallest absolute Gasteiger partial charge is 0.0286 e. The Labute approximate surface area is 141 Å². The molecule has 0 radical (unpaired) electrons. The van der Waals surface area contributed by atoms with Gasteiger partial charge in [-0.15, -0.1) is 0 Å². The summed E-state index contributed by atoms with van der Waals surface area (Å²) in [4.78, 5) is 2.88. The number of rotatable bonds is 6. The second kappa shape index (κ2) is 8.09. The Bertz CT molecular complexity index is 680. The van der Waals surface area contributed by atoms with E-state index >= 15 is 0 Å². The standard InChI is InChI=1S/C19H21N3S/c20-22-21-13-15-10-11-18(12-15)23-14-17-8-4-5-9-19(17)16-6-2-1-3-7-16/h1-9,15,18H,10-14H2/t15-,18?/m0/s1. The van der Waals surface area contributed by atoms with Gasteiger partial charge in [-0.2, -0.15) is 11.8 Å². The molecule has 0 heterocycles. The lowest BCUT2D eigenvalue weighted by molar-refractivity contribution is 0.562. The summed E-state index contributed by atoms with van der Waals surface area (Å²) in [6.07, 6.45) is 3.61. The van der Waals surface area contributed by atoms with Crippen molar-refractivity contribution in [1.29, 1.82) is 0 Å². The molecule has 0 aliphatic heterocycles. The van der Waals surface area contributed by atoms with Gasteiger partial charge in [-0.1, -0.05) is 59.7 Å². The SMILES string of the molecule is [N-]=[N+]=NC[C@H]1CCC(SCc2ccccc2-c2ccccc2)C1. The molecule has 2 atom stereocenters. The lowest BCUT2D eigenvalue weighted by atomic mass is 10.0.